The molecule has 4 bridgehead atoms. The number of hydrogen-bond donors (Lipinski definition) is 1. The molecule has 0 unspecified atom stereocenters. The lowest BCUT2D eigenvalue weighted by Gasteiger charge is -2.60. The summed E-state index contributed by atoms with van der Waals surface area (Å²) >= 11 is 0. The van der Waals surface area contributed by atoms with Crippen molar-refractivity contribution in [1.29, 1.82) is 5.26 Å². The van der Waals surface area contributed by atoms with Gasteiger partial charge in [0.25, 0.3) is 11.3 Å². The van der Waals surface area contributed by atoms with E-state index in [0.717, 1.165) is 25.7 Å². The number of nitrogens with one attached hydrogen (secondary N) is 1. The smallest absolute Gasteiger partial charge is 0.364 e. The van der Waals surface area contributed by atoms with E-state index in [-0.39, 0.29) is 40.3 Å². The van der Waals surface area contributed by atoms with Crippen molar-refractivity contribution in [2.75, 3.05) is 5.43 Å². The zero-order chi connectivity index (χ0) is 25.9. The van der Waals surface area contributed by atoms with E-state index in [4.69, 9.17) is 16.0 Å². The third-order valence-corrected chi connectivity index (χ3v) is 8.46. The molecule has 4 aliphatic carbocycles. The Kier molecular flexibility index (Phi) is 5.23. The average Bonchev–Trinajstić information content (AvgIpc) is 3.10. The van der Waals surface area contributed by atoms with Crippen LogP contribution in [0, 0.1) is 48.5 Å². The van der Waals surface area contributed by atoms with Crippen LogP contribution in [0.25, 0.3) is 10.5 Å². The average molecular weight is 499 g/mol. The monoisotopic (exact) mass is 498 g/mol. The Balaban J connectivity index is 1.38. The predicted molar refractivity (Wildman–Crippen MR) is 133 cm³/mol. The fraction of sp³-hybridized carbons (Fsp3) is 0.444. The van der Waals surface area contributed by atoms with Gasteiger partial charge >= 0.3 is 11.7 Å². The normalized spacial score (nSPS) is 32.0. The minimum Gasteiger partial charge on any atom is -0.459 e. The highest BCUT2D eigenvalue weighted by Crippen LogP contribution is 2.61. The maximum atomic E-state index is 13.4. The lowest BCUT2D eigenvalue weighted by Crippen LogP contribution is -2.63. The minimum atomic E-state index is -1.17. The van der Waals surface area contributed by atoms with Crippen molar-refractivity contribution < 1.29 is 14.3 Å². The highest BCUT2D eigenvalue weighted by atomic mass is 16.7. The lowest BCUT2D eigenvalue weighted by molar-refractivity contribution is -0.309. The molecule has 1 aromatic carbocycles. The van der Waals surface area contributed by atoms with Crippen LogP contribution < -0.4 is 11.0 Å². The number of rotatable bonds is 3. The number of carbonyl (C=O) groups excluding carboxylic acids is 1. The Morgan fingerprint density at radius 2 is 1.78 bits per heavy atom. The quantitative estimate of drug-likeness (QED) is 0.299. The molecule has 1 spiro atoms. The fourth-order valence-corrected chi connectivity index (χ4v) is 6.88. The highest BCUT2D eigenvalue weighted by Gasteiger charge is 2.64. The van der Waals surface area contributed by atoms with Crippen molar-refractivity contribution in [1.82, 2.24) is 9.36 Å². The molecule has 37 heavy (non-hydrogen) atoms. The molecular weight excluding hydrogens is 472 g/mol. The van der Waals surface area contributed by atoms with Gasteiger partial charge in [0.15, 0.2) is 5.76 Å². The van der Waals surface area contributed by atoms with Crippen LogP contribution in [0.15, 0.2) is 51.7 Å². The Hall–Kier alpha value is -4.31. The molecule has 10 nitrogen and oxygen atoms in total. The highest BCUT2D eigenvalue weighted by molar-refractivity contribution is 6.43. The summed E-state index contributed by atoms with van der Waals surface area (Å²) in [7, 11) is 1.74. The topological polar surface area (TPSA) is 115 Å². The second kappa shape index (κ2) is 8.38. The van der Waals surface area contributed by atoms with Crippen LogP contribution in [0.1, 0.15) is 37.8 Å². The summed E-state index contributed by atoms with van der Waals surface area (Å²) in [5.41, 5.74) is 3.06. The summed E-state index contributed by atoms with van der Waals surface area (Å²) in [5, 5.41) is 13.9. The van der Waals surface area contributed by atoms with E-state index in [1.807, 2.05) is 36.4 Å². The summed E-state index contributed by atoms with van der Waals surface area (Å²) in [5.74, 6) is -0.851. The molecule has 5 fully saturated rings. The number of carbonyl (C=O) groups is 1. The number of nitriles is 1. The van der Waals surface area contributed by atoms with Crippen molar-refractivity contribution >= 4 is 17.4 Å². The van der Waals surface area contributed by atoms with E-state index in [9.17, 15) is 14.9 Å². The second-order valence-electron chi connectivity index (χ2n) is 10.4. The van der Waals surface area contributed by atoms with Gasteiger partial charge in [-0.2, -0.15) is 5.10 Å². The van der Waals surface area contributed by atoms with E-state index >= 15 is 0 Å². The molecular formula is C27H26N6O4. The first-order valence-corrected chi connectivity index (χ1v) is 12.5. The van der Waals surface area contributed by atoms with Gasteiger partial charge in [0, 0.05) is 18.9 Å². The van der Waals surface area contributed by atoms with Crippen molar-refractivity contribution in [3.05, 3.63) is 69.3 Å². The summed E-state index contributed by atoms with van der Waals surface area (Å²) in [6.45, 7) is 9.27. The molecule has 5 aliphatic rings. The van der Waals surface area contributed by atoms with Crippen molar-refractivity contribution in [2.24, 2.45) is 35.8 Å². The number of esters is 1. The number of nitrogens with zero attached hydrogens (tertiary/aromatic N) is 5. The molecule has 10 heteroatoms. The molecule has 7 rings (SSSR count). The van der Waals surface area contributed by atoms with E-state index in [1.165, 1.54) is 11.1 Å². The van der Waals surface area contributed by atoms with Crippen LogP contribution in [0.3, 0.4) is 0 Å². The number of benzene rings is 1. The number of hydrogen-bond acceptors (Lipinski definition) is 7. The van der Waals surface area contributed by atoms with Crippen molar-refractivity contribution in [2.45, 2.75) is 44.8 Å². The van der Waals surface area contributed by atoms with Gasteiger partial charge in [0.05, 0.1) is 24.0 Å². The molecule has 1 N–H and O–H groups in total. The zero-order valence-electron chi connectivity index (χ0n) is 20.6. The van der Waals surface area contributed by atoms with Crippen LogP contribution in [-0.4, -0.2) is 26.8 Å². The molecule has 0 amide bonds. The van der Waals surface area contributed by atoms with Gasteiger partial charge in [0.2, 0.25) is 5.71 Å². The van der Waals surface area contributed by atoms with E-state index in [2.05, 4.69) is 15.4 Å². The van der Waals surface area contributed by atoms with Crippen molar-refractivity contribution in [3.63, 3.8) is 0 Å². The molecule has 2 heterocycles. The van der Waals surface area contributed by atoms with Gasteiger partial charge in [-0.25, -0.2) is 19.6 Å². The first-order chi connectivity index (χ1) is 17.9. The Labute approximate surface area is 213 Å². The van der Waals surface area contributed by atoms with Gasteiger partial charge in [0.1, 0.15) is 5.69 Å². The number of anilines is 1. The molecule has 0 atom stereocenters. The number of allylic oxidation sites excluding steroid dienone is 1. The summed E-state index contributed by atoms with van der Waals surface area (Å²) in [4.78, 5) is 30.0. The molecule has 4 saturated carbocycles. The van der Waals surface area contributed by atoms with E-state index < -0.39 is 11.8 Å². The molecule has 1 aliphatic heterocycles. The van der Waals surface area contributed by atoms with Gasteiger partial charge in [-0.1, -0.05) is 18.2 Å². The minimum absolute atomic E-state index is 0.0253. The first-order valence-electron chi connectivity index (χ1n) is 12.5. The van der Waals surface area contributed by atoms with E-state index in [0.29, 0.717) is 23.2 Å². The van der Waals surface area contributed by atoms with Crippen LogP contribution in [0.5, 0.6) is 0 Å². The third-order valence-electron chi connectivity index (χ3n) is 8.46. The van der Waals surface area contributed by atoms with Gasteiger partial charge in [-0.15, -0.1) is 0 Å². The molecule has 1 saturated heterocycles. The number of hydrazone groups is 1. The molecule has 0 radical (unpaired) electrons. The van der Waals surface area contributed by atoms with Crippen LogP contribution in [0.4, 0.5) is 5.69 Å². The lowest BCUT2D eigenvalue weighted by atomic mass is 9.53. The Bertz CT molecular complexity index is 1460. The standard InChI is InChI=1S/C27H26N6O4/c1-15-22(25(34)33(32(15)3)20-7-5-4-6-8-20)30-31-23-24(21(14-28)29-2)36-27(37-26(23)35)18-10-16-9-17(12-18)13-19(27)11-16/h4-8,16-19,30H,9-13H2,1,3H3/b24-21+,31-23?. The van der Waals surface area contributed by atoms with Crippen LogP contribution >= 0.6 is 0 Å². The molecule has 2 aromatic rings. The zero-order valence-corrected chi connectivity index (χ0v) is 20.6. The van der Waals surface area contributed by atoms with Crippen LogP contribution in [0.2, 0.25) is 0 Å². The van der Waals surface area contributed by atoms with Gasteiger partial charge in [-0.05, 0) is 63.0 Å². The predicted octanol–water partition coefficient (Wildman–Crippen LogP) is 3.63. The van der Waals surface area contributed by atoms with Gasteiger partial charge in [-0.3, -0.25) is 14.9 Å². The Morgan fingerprint density at radius 3 is 2.38 bits per heavy atom. The second-order valence-corrected chi connectivity index (χ2v) is 10.4. The largest absolute Gasteiger partial charge is 0.459 e. The summed E-state index contributed by atoms with van der Waals surface area (Å²) in [6, 6.07) is 11.0. The molecule has 188 valence electrons. The summed E-state index contributed by atoms with van der Waals surface area (Å²) in [6.07, 6.45) is 4.82. The van der Waals surface area contributed by atoms with Gasteiger partial charge < -0.3 is 9.47 Å². The van der Waals surface area contributed by atoms with E-state index in [1.54, 1.807) is 18.7 Å². The molecule has 1 aromatic heterocycles. The maximum absolute atomic E-state index is 13.4. The van der Waals surface area contributed by atoms with Crippen LogP contribution in [-0.2, 0) is 21.3 Å². The van der Waals surface area contributed by atoms with Crippen molar-refractivity contribution in [3.8, 4) is 11.8 Å². The SMILES string of the molecule is [C-]#[N+]/C(C#N)=C1/OC2(OC(=O)C1=NNc1c(C)n(C)n(-c3ccccc3)c1=O)C1CC3CC(C1)CC2C3. The number of ether oxygens (including phenoxy) is 2. The fourth-order valence-electron chi connectivity index (χ4n) is 6.88. The summed E-state index contributed by atoms with van der Waals surface area (Å²) < 4.78 is 15.5. The first kappa shape index (κ1) is 23.1. The Morgan fingerprint density at radius 1 is 1.14 bits per heavy atom. The number of para-hydroxylation sites is 1. The number of aromatic nitrogens is 2. The third kappa shape index (κ3) is 3.40. The maximum Gasteiger partial charge on any atom is 0.364 e.